The van der Waals surface area contributed by atoms with Gasteiger partial charge < -0.3 is 9.84 Å². The van der Waals surface area contributed by atoms with E-state index in [4.69, 9.17) is 9.51 Å². The summed E-state index contributed by atoms with van der Waals surface area (Å²) in [6.07, 6.45) is 3.50. The summed E-state index contributed by atoms with van der Waals surface area (Å²) in [5, 5.41) is 7.45. The Hall–Kier alpha value is -1.84. The van der Waals surface area contributed by atoms with E-state index in [0.29, 0.717) is 0 Å². The highest BCUT2D eigenvalue weighted by Crippen LogP contribution is 2.26. The van der Waals surface area contributed by atoms with Crippen LogP contribution in [0.4, 0.5) is 5.82 Å². The van der Waals surface area contributed by atoms with Crippen LogP contribution in [0, 0.1) is 13.8 Å². The second-order valence-corrected chi connectivity index (χ2v) is 5.26. The molecule has 4 heteroatoms. The summed E-state index contributed by atoms with van der Waals surface area (Å²) in [7, 11) is 0. The number of aromatic nitrogens is 2. The second-order valence-electron chi connectivity index (χ2n) is 5.26. The second kappa shape index (κ2) is 4.68. The van der Waals surface area contributed by atoms with Crippen molar-refractivity contribution in [1.82, 2.24) is 10.1 Å². The van der Waals surface area contributed by atoms with E-state index in [9.17, 15) is 0 Å². The van der Waals surface area contributed by atoms with E-state index in [1.165, 1.54) is 24.1 Å². The Kier molecular flexibility index (Phi) is 3.01. The van der Waals surface area contributed by atoms with Crippen LogP contribution < -0.4 is 5.32 Å². The first-order valence-corrected chi connectivity index (χ1v) is 6.83. The Morgan fingerprint density at radius 3 is 2.84 bits per heavy atom. The smallest absolute Gasteiger partial charge is 0.139 e. The van der Waals surface area contributed by atoms with Gasteiger partial charge in [-0.3, -0.25) is 0 Å². The van der Waals surface area contributed by atoms with Gasteiger partial charge in [0.25, 0.3) is 0 Å². The van der Waals surface area contributed by atoms with Crippen LogP contribution in [-0.2, 0) is 12.8 Å². The van der Waals surface area contributed by atoms with Gasteiger partial charge in [0.05, 0.1) is 11.7 Å². The fraction of sp³-hybridized carbons (Fsp3) is 0.467. The lowest BCUT2D eigenvalue weighted by Gasteiger charge is -2.15. The molecule has 0 aliphatic heterocycles. The molecule has 0 saturated heterocycles. The molecule has 1 aliphatic rings. The molecule has 1 unspecified atom stereocenters. The zero-order chi connectivity index (χ0) is 13.4. The molecule has 0 fully saturated rings. The summed E-state index contributed by atoms with van der Waals surface area (Å²) < 4.78 is 5.22. The molecule has 0 amide bonds. The van der Waals surface area contributed by atoms with Crippen molar-refractivity contribution in [2.75, 3.05) is 5.32 Å². The highest BCUT2D eigenvalue weighted by atomic mass is 16.5. The van der Waals surface area contributed by atoms with E-state index in [-0.39, 0.29) is 6.04 Å². The van der Waals surface area contributed by atoms with Gasteiger partial charge in [0, 0.05) is 11.3 Å². The number of nitrogens with one attached hydrogen (secondary N) is 1. The fourth-order valence-corrected chi connectivity index (χ4v) is 2.90. The third-order valence-electron chi connectivity index (χ3n) is 3.81. The minimum absolute atomic E-state index is 0.151. The summed E-state index contributed by atoms with van der Waals surface area (Å²) in [6, 6.07) is 4.41. The molecule has 0 bridgehead atoms. The maximum absolute atomic E-state index is 5.22. The van der Waals surface area contributed by atoms with Crippen molar-refractivity contribution in [3.05, 3.63) is 40.4 Å². The first-order chi connectivity index (χ1) is 9.15. The van der Waals surface area contributed by atoms with Crippen LogP contribution in [0.1, 0.15) is 47.7 Å². The molecule has 2 heterocycles. The lowest BCUT2D eigenvalue weighted by atomic mass is 10.1. The quantitative estimate of drug-likeness (QED) is 0.916. The van der Waals surface area contributed by atoms with E-state index >= 15 is 0 Å². The zero-order valence-corrected chi connectivity index (χ0v) is 11.7. The average molecular weight is 257 g/mol. The Bertz CT molecular complexity index is 584. The minimum Gasteiger partial charge on any atom is -0.363 e. The largest absolute Gasteiger partial charge is 0.363 e. The molecule has 1 N–H and O–H groups in total. The molecule has 4 nitrogen and oxygen atoms in total. The van der Waals surface area contributed by atoms with Gasteiger partial charge in [0.15, 0.2) is 0 Å². The predicted octanol–water partition coefficient (Wildman–Crippen LogP) is 3.35. The first-order valence-electron chi connectivity index (χ1n) is 6.83. The number of nitrogens with zero attached hydrogens (tertiary/aromatic N) is 2. The number of hydrogen-bond acceptors (Lipinski definition) is 4. The Balaban J connectivity index is 1.82. The van der Waals surface area contributed by atoms with Crippen LogP contribution in [0.2, 0.25) is 0 Å². The van der Waals surface area contributed by atoms with Gasteiger partial charge in [0.2, 0.25) is 0 Å². The van der Waals surface area contributed by atoms with E-state index in [0.717, 1.165) is 29.3 Å². The molecule has 0 saturated carbocycles. The Labute approximate surface area is 113 Å². The standard InChI is InChI=1S/C15H19N3O/c1-9(15-10(2)18-19-11(15)3)16-14-8-7-12-5-4-6-13(12)17-14/h7-9H,4-6H2,1-3H3,(H,16,17). The number of anilines is 1. The van der Waals surface area contributed by atoms with Crippen LogP contribution in [0.15, 0.2) is 16.7 Å². The Morgan fingerprint density at radius 1 is 1.26 bits per heavy atom. The van der Waals surface area contributed by atoms with Crippen LogP contribution >= 0.6 is 0 Å². The summed E-state index contributed by atoms with van der Waals surface area (Å²) in [6.45, 7) is 6.03. The molecule has 0 spiro atoms. The molecule has 1 aliphatic carbocycles. The van der Waals surface area contributed by atoms with E-state index in [1.807, 2.05) is 13.8 Å². The summed E-state index contributed by atoms with van der Waals surface area (Å²) in [5.74, 6) is 1.81. The van der Waals surface area contributed by atoms with E-state index in [1.54, 1.807) is 0 Å². The predicted molar refractivity (Wildman–Crippen MR) is 74.3 cm³/mol. The summed E-state index contributed by atoms with van der Waals surface area (Å²) in [5.41, 5.74) is 4.72. The van der Waals surface area contributed by atoms with Crippen LogP contribution in [-0.4, -0.2) is 10.1 Å². The van der Waals surface area contributed by atoms with Gasteiger partial charge in [-0.1, -0.05) is 11.2 Å². The van der Waals surface area contributed by atoms with E-state index in [2.05, 4.69) is 29.5 Å². The van der Waals surface area contributed by atoms with Crippen LogP contribution in [0.25, 0.3) is 0 Å². The molecule has 1 atom stereocenters. The van der Waals surface area contributed by atoms with Gasteiger partial charge in [-0.05, 0) is 51.7 Å². The molecule has 2 aromatic heterocycles. The maximum atomic E-state index is 5.22. The van der Waals surface area contributed by atoms with Crippen molar-refractivity contribution in [3.8, 4) is 0 Å². The maximum Gasteiger partial charge on any atom is 0.139 e. The zero-order valence-electron chi connectivity index (χ0n) is 11.7. The van der Waals surface area contributed by atoms with Crippen LogP contribution in [0.3, 0.4) is 0 Å². The topological polar surface area (TPSA) is 51.0 Å². The third kappa shape index (κ3) is 2.23. The molecule has 0 radical (unpaired) electrons. The minimum atomic E-state index is 0.151. The highest BCUT2D eigenvalue weighted by molar-refractivity contribution is 5.43. The third-order valence-corrected chi connectivity index (χ3v) is 3.81. The van der Waals surface area contributed by atoms with Gasteiger partial charge in [-0.2, -0.15) is 0 Å². The molecular formula is C15H19N3O. The Morgan fingerprint density at radius 2 is 2.11 bits per heavy atom. The molecule has 19 heavy (non-hydrogen) atoms. The number of rotatable bonds is 3. The normalized spacial score (nSPS) is 15.3. The van der Waals surface area contributed by atoms with Crippen molar-refractivity contribution >= 4 is 5.82 Å². The molecule has 2 aromatic rings. The van der Waals surface area contributed by atoms with Crippen LogP contribution in [0.5, 0.6) is 0 Å². The van der Waals surface area contributed by atoms with Gasteiger partial charge >= 0.3 is 0 Å². The van der Waals surface area contributed by atoms with Gasteiger partial charge in [-0.25, -0.2) is 4.98 Å². The first kappa shape index (κ1) is 12.2. The average Bonchev–Trinajstić information content (AvgIpc) is 2.95. The number of fused-ring (bicyclic) bond motifs is 1. The SMILES string of the molecule is Cc1noc(C)c1C(C)Nc1ccc2c(n1)CCC2. The summed E-state index contributed by atoms with van der Waals surface area (Å²) >= 11 is 0. The van der Waals surface area contributed by atoms with Crippen molar-refractivity contribution < 1.29 is 4.52 Å². The molecule has 3 rings (SSSR count). The number of aryl methyl sites for hydroxylation is 4. The van der Waals surface area contributed by atoms with Gasteiger partial charge in [-0.15, -0.1) is 0 Å². The van der Waals surface area contributed by atoms with Gasteiger partial charge in [0.1, 0.15) is 11.6 Å². The summed E-state index contributed by atoms with van der Waals surface area (Å²) in [4.78, 5) is 4.70. The monoisotopic (exact) mass is 257 g/mol. The van der Waals surface area contributed by atoms with E-state index < -0.39 is 0 Å². The van der Waals surface area contributed by atoms with Crippen molar-refractivity contribution in [3.63, 3.8) is 0 Å². The molecule has 100 valence electrons. The molecule has 0 aromatic carbocycles. The fourth-order valence-electron chi connectivity index (χ4n) is 2.90. The highest BCUT2D eigenvalue weighted by Gasteiger charge is 2.18. The van der Waals surface area contributed by atoms with Crippen molar-refractivity contribution in [2.24, 2.45) is 0 Å². The van der Waals surface area contributed by atoms with Crippen molar-refractivity contribution in [1.29, 1.82) is 0 Å². The lowest BCUT2D eigenvalue weighted by molar-refractivity contribution is 0.392. The number of pyridine rings is 1. The number of hydrogen-bond donors (Lipinski definition) is 1. The lowest BCUT2D eigenvalue weighted by Crippen LogP contribution is -2.10. The molecular weight excluding hydrogens is 238 g/mol. The van der Waals surface area contributed by atoms with Crippen molar-refractivity contribution in [2.45, 2.75) is 46.1 Å².